The van der Waals surface area contributed by atoms with Gasteiger partial charge in [-0.1, -0.05) is 0 Å². The molecule has 1 heterocycles. The molecule has 90 valence electrons. The summed E-state index contributed by atoms with van der Waals surface area (Å²) in [6.45, 7) is 2.42. The summed E-state index contributed by atoms with van der Waals surface area (Å²) in [6.07, 6.45) is -2.38. The Morgan fingerprint density at radius 2 is 2.07 bits per heavy atom. The number of hydrogen-bond acceptors (Lipinski definition) is 1. The summed E-state index contributed by atoms with van der Waals surface area (Å²) in [5, 5.41) is 0. The van der Waals surface area contributed by atoms with Crippen LogP contribution in [-0.2, 0) is 0 Å². The zero-order valence-corrected chi connectivity index (χ0v) is 9.45. The van der Waals surface area contributed by atoms with Gasteiger partial charge in [-0.05, 0) is 38.3 Å². The molecule has 0 aliphatic carbocycles. The standard InChI is InChI=1S/C10H17ClF3N/c11-5-2-9-3-7-15(8-9)6-1-4-10(12,13)14/h9H,1-8H2. The Hall–Kier alpha value is 0.0400. The Bertz CT molecular complexity index is 184. The molecule has 1 aliphatic rings. The van der Waals surface area contributed by atoms with E-state index < -0.39 is 12.6 Å². The maximum Gasteiger partial charge on any atom is 0.389 e. The summed E-state index contributed by atoms with van der Waals surface area (Å²) >= 11 is 5.63. The van der Waals surface area contributed by atoms with Crippen LogP contribution in [0, 0.1) is 5.92 Å². The van der Waals surface area contributed by atoms with Crippen LogP contribution in [0.15, 0.2) is 0 Å². The Morgan fingerprint density at radius 3 is 2.67 bits per heavy atom. The molecule has 0 spiro atoms. The minimum Gasteiger partial charge on any atom is -0.303 e. The normalized spacial score (nSPS) is 23.6. The molecule has 15 heavy (non-hydrogen) atoms. The number of halogens is 4. The molecule has 0 amide bonds. The van der Waals surface area contributed by atoms with Gasteiger partial charge in [0.05, 0.1) is 0 Å². The molecular weight excluding hydrogens is 227 g/mol. The van der Waals surface area contributed by atoms with Crippen LogP contribution >= 0.6 is 11.6 Å². The molecule has 1 aliphatic heterocycles. The highest BCUT2D eigenvalue weighted by Crippen LogP contribution is 2.24. The van der Waals surface area contributed by atoms with Gasteiger partial charge in [0.1, 0.15) is 0 Å². The first-order chi connectivity index (χ1) is 7.01. The second-order valence-electron chi connectivity index (χ2n) is 4.15. The monoisotopic (exact) mass is 243 g/mol. The first-order valence-electron chi connectivity index (χ1n) is 5.36. The van der Waals surface area contributed by atoms with E-state index in [1.54, 1.807) is 0 Å². The molecule has 0 aromatic carbocycles. The second kappa shape index (κ2) is 5.94. The van der Waals surface area contributed by atoms with Crippen molar-refractivity contribution in [2.24, 2.45) is 5.92 Å². The van der Waals surface area contributed by atoms with E-state index in [1.807, 2.05) is 0 Å². The summed E-state index contributed by atoms with van der Waals surface area (Å²) < 4.78 is 35.7. The number of hydrogen-bond donors (Lipinski definition) is 0. The predicted octanol–water partition coefficient (Wildman–Crippen LogP) is 3.28. The van der Waals surface area contributed by atoms with Gasteiger partial charge in [-0.3, -0.25) is 0 Å². The quantitative estimate of drug-likeness (QED) is 0.670. The highest BCUT2D eigenvalue weighted by molar-refractivity contribution is 6.17. The molecule has 1 unspecified atom stereocenters. The average Bonchev–Trinajstić information content (AvgIpc) is 2.51. The van der Waals surface area contributed by atoms with Gasteiger partial charge in [0.15, 0.2) is 0 Å². The van der Waals surface area contributed by atoms with Gasteiger partial charge >= 0.3 is 6.18 Å². The molecule has 1 saturated heterocycles. The highest BCUT2D eigenvalue weighted by atomic mass is 35.5. The van der Waals surface area contributed by atoms with Crippen molar-refractivity contribution in [2.45, 2.75) is 31.9 Å². The lowest BCUT2D eigenvalue weighted by Gasteiger charge is -2.16. The van der Waals surface area contributed by atoms with Gasteiger partial charge in [0.2, 0.25) is 0 Å². The van der Waals surface area contributed by atoms with E-state index in [1.165, 1.54) is 0 Å². The third kappa shape index (κ3) is 5.61. The molecule has 0 radical (unpaired) electrons. The van der Waals surface area contributed by atoms with Gasteiger partial charge in [-0.15, -0.1) is 11.6 Å². The number of nitrogens with zero attached hydrogens (tertiary/aromatic N) is 1. The fraction of sp³-hybridized carbons (Fsp3) is 1.00. The smallest absolute Gasteiger partial charge is 0.303 e. The van der Waals surface area contributed by atoms with Gasteiger partial charge in [0.25, 0.3) is 0 Å². The van der Waals surface area contributed by atoms with Crippen LogP contribution < -0.4 is 0 Å². The molecule has 1 fully saturated rings. The summed E-state index contributed by atoms with van der Waals surface area (Å²) in [7, 11) is 0. The lowest BCUT2D eigenvalue weighted by atomic mass is 10.1. The maximum absolute atomic E-state index is 11.9. The fourth-order valence-electron chi connectivity index (χ4n) is 2.01. The van der Waals surface area contributed by atoms with E-state index in [9.17, 15) is 13.2 Å². The van der Waals surface area contributed by atoms with Gasteiger partial charge in [0, 0.05) is 18.8 Å². The number of rotatable bonds is 5. The van der Waals surface area contributed by atoms with Crippen molar-refractivity contribution in [3.05, 3.63) is 0 Å². The van der Waals surface area contributed by atoms with Crippen molar-refractivity contribution in [3.63, 3.8) is 0 Å². The molecule has 1 nitrogen and oxygen atoms in total. The first-order valence-corrected chi connectivity index (χ1v) is 5.90. The number of likely N-dealkylation sites (tertiary alicyclic amines) is 1. The SMILES string of the molecule is FC(F)(F)CCCN1CCC(CCCl)C1. The lowest BCUT2D eigenvalue weighted by molar-refractivity contribution is -0.136. The number of alkyl halides is 4. The van der Waals surface area contributed by atoms with Crippen LogP contribution in [0.4, 0.5) is 13.2 Å². The lowest BCUT2D eigenvalue weighted by Crippen LogP contribution is -2.23. The van der Waals surface area contributed by atoms with E-state index in [0.29, 0.717) is 18.3 Å². The van der Waals surface area contributed by atoms with Gasteiger partial charge in [-0.2, -0.15) is 13.2 Å². The Morgan fingerprint density at radius 1 is 1.33 bits per heavy atom. The molecule has 5 heteroatoms. The third-order valence-corrected chi connectivity index (χ3v) is 3.04. The van der Waals surface area contributed by atoms with Crippen molar-refractivity contribution in [1.82, 2.24) is 4.90 Å². The molecule has 1 rings (SSSR count). The topological polar surface area (TPSA) is 3.24 Å². The van der Waals surface area contributed by atoms with Crippen molar-refractivity contribution < 1.29 is 13.2 Å². The largest absolute Gasteiger partial charge is 0.389 e. The van der Waals surface area contributed by atoms with E-state index in [2.05, 4.69) is 4.90 Å². The minimum atomic E-state index is -4.00. The molecule has 0 N–H and O–H groups in total. The zero-order chi connectivity index (χ0) is 11.3. The van der Waals surface area contributed by atoms with Crippen molar-refractivity contribution in [3.8, 4) is 0 Å². The van der Waals surface area contributed by atoms with Crippen molar-refractivity contribution in [1.29, 1.82) is 0 Å². The van der Waals surface area contributed by atoms with Crippen LogP contribution in [0.2, 0.25) is 0 Å². The van der Waals surface area contributed by atoms with E-state index in [0.717, 1.165) is 25.9 Å². The van der Waals surface area contributed by atoms with E-state index >= 15 is 0 Å². The van der Waals surface area contributed by atoms with Crippen LogP contribution in [-0.4, -0.2) is 36.6 Å². The molecule has 0 saturated carbocycles. The van der Waals surface area contributed by atoms with Crippen LogP contribution in [0.25, 0.3) is 0 Å². The minimum absolute atomic E-state index is 0.219. The molecule has 1 atom stereocenters. The summed E-state index contributed by atoms with van der Waals surface area (Å²) in [5.74, 6) is 1.24. The Kier molecular flexibility index (Phi) is 5.19. The van der Waals surface area contributed by atoms with Crippen LogP contribution in [0.3, 0.4) is 0 Å². The predicted molar refractivity (Wildman–Crippen MR) is 55.2 cm³/mol. The van der Waals surface area contributed by atoms with E-state index in [4.69, 9.17) is 11.6 Å². The summed E-state index contributed by atoms with van der Waals surface area (Å²) in [4.78, 5) is 2.11. The first kappa shape index (κ1) is 13.1. The van der Waals surface area contributed by atoms with Gasteiger partial charge in [-0.25, -0.2) is 0 Å². The Balaban J connectivity index is 2.09. The van der Waals surface area contributed by atoms with Crippen molar-refractivity contribution in [2.75, 3.05) is 25.5 Å². The van der Waals surface area contributed by atoms with Crippen LogP contribution in [0.1, 0.15) is 25.7 Å². The zero-order valence-electron chi connectivity index (χ0n) is 8.69. The molecule has 0 aromatic rings. The third-order valence-electron chi connectivity index (χ3n) is 2.82. The maximum atomic E-state index is 11.9. The van der Waals surface area contributed by atoms with E-state index in [-0.39, 0.29) is 6.42 Å². The summed E-state index contributed by atoms with van der Waals surface area (Å²) in [5.41, 5.74) is 0. The summed E-state index contributed by atoms with van der Waals surface area (Å²) in [6, 6.07) is 0. The average molecular weight is 244 g/mol. The van der Waals surface area contributed by atoms with Crippen LogP contribution in [0.5, 0.6) is 0 Å². The molecule has 0 bridgehead atoms. The fourth-order valence-corrected chi connectivity index (χ4v) is 2.32. The van der Waals surface area contributed by atoms with Crippen molar-refractivity contribution >= 4 is 11.6 Å². The molecular formula is C10H17ClF3N. The Labute approximate surface area is 93.6 Å². The highest BCUT2D eigenvalue weighted by Gasteiger charge is 2.27. The molecule has 0 aromatic heterocycles. The van der Waals surface area contributed by atoms with Gasteiger partial charge < -0.3 is 4.90 Å². The second-order valence-corrected chi connectivity index (χ2v) is 4.53.